The van der Waals surface area contributed by atoms with Gasteiger partial charge < -0.3 is 55.2 Å². The first-order valence-electron chi connectivity index (χ1n) is 20.7. The summed E-state index contributed by atoms with van der Waals surface area (Å²) in [6.45, 7) is 12.5. The van der Waals surface area contributed by atoms with E-state index in [0.717, 1.165) is 38.5 Å². The first-order valence-corrected chi connectivity index (χ1v) is 20.7. The summed E-state index contributed by atoms with van der Waals surface area (Å²) in [5.41, 5.74) is 2.78. The third-order valence-electron chi connectivity index (χ3n) is 12.3. The SMILES string of the molecule is COC1/C=C/OC2(C)Oc3c(C)c(O)c4c(O)c(c(/C=N/NC5CCCCCC5)c(O)c4c3C2=O)NC(=O)C(C)=C/C=C/C(C)C(O)C(C)C(O)C(C)C(OC(C)=O)C1C. The number of anilines is 1. The van der Waals surface area contributed by atoms with Crippen molar-refractivity contribution in [3.8, 4) is 23.0 Å². The molecule has 1 aliphatic carbocycles. The number of aromatic hydroxyl groups is 3. The Bertz CT molecular complexity index is 2070. The van der Waals surface area contributed by atoms with Crippen LogP contribution in [0, 0.1) is 30.6 Å². The van der Waals surface area contributed by atoms with Crippen LogP contribution in [0.5, 0.6) is 23.0 Å². The zero-order valence-electron chi connectivity index (χ0n) is 35.9. The molecule has 7 N–H and O–H groups in total. The van der Waals surface area contributed by atoms with Gasteiger partial charge in [0.05, 0.1) is 53.0 Å². The standard InChI is InChI=1S/C45H61N3O12/c1-22-15-14-16-23(2)44(56)47-35-30(21-46-48-29-17-12-10-11-13-18-29)39(53)32-33(40(35)54)38(52)27(6)42-34(32)43(55)45(8,60-42)58-20-19-31(57-9)24(3)41(59-28(7)49)26(5)37(51)25(4)36(22)50/h14-16,19-22,24-26,29,31,36-37,41,48,50-54H,10-13,17-18H2,1-9H3,(H,47,56)/b15-14+,20-19+,23-16?,46-21+. The third-order valence-corrected chi connectivity index (χ3v) is 12.3. The number of nitrogens with one attached hydrogen (secondary N) is 2. The quantitative estimate of drug-likeness (QED) is 0.0433. The minimum atomic E-state index is -2.04. The van der Waals surface area contributed by atoms with E-state index in [1.165, 1.54) is 59.4 Å². The molecule has 6 rings (SSSR count). The Labute approximate surface area is 351 Å². The number of allylic oxidation sites excluding steroid dienone is 2. The number of aliphatic hydroxyl groups excluding tert-OH is 2. The molecule has 60 heavy (non-hydrogen) atoms. The highest BCUT2D eigenvalue weighted by atomic mass is 16.7. The molecule has 0 saturated heterocycles. The fourth-order valence-electron chi connectivity index (χ4n) is 8.49. The number of aliphatic hydroxyl groups is 2. The van der Waals surface area contributed by atoms with Gasteiger partial charge in [0, 0.05) is 67.2 Å². The van der Waals surface area contributed by atoms with Gasteiger partial charge in [-0.1, -0.05) is 71.6 Å². The number of hydrogen-bond acceptors (Lipinski definition) is 14. The van der Waals surface area contributed by atoms with Crippen molar-refractivity contribution < 1.29 is 58.9 Å². The van der Waals surface area contributed by atoms with Crippen molar-refractivity contribution >= 4 is 40.3 Å². The number of hydrazone groups is 1. The van der Waals surface area contributed by atoms with Crippen LogP contribution in [0.15, 0.2) is 41.2 Å². The van der Waals surface area contributed by atoms with Crippen molar-refractivity contribution in [1.29, 1.82) is 0 Å². The van der Waals surface area contributed by atoms with E-state index in [9.17, 15) is 39.9 Å². The Morgan fingerprint density at radius 1 is 0.933 bits per heavy atom. The van der Waals surface area contributed by atoms with Crippen LogP contribution in [0.3, 0.4) is 0 Å². The Morgan fingerprint density at radius 2 is 1.60 bits per heavy atom. The molecule has 5 bridgehead atoms. The Balaban J connectivity index is 1.69. The lowest BCUT2D eigenvalue weighted by atomic mass is 9.78. The van der Waals surface area contributed by atoms with Gasteiger partial charge in [0.2, 0.25) is 0 Å². The molecule has 15 heteroatoms. The second kappa shape index (κ2) is 19.1. The molecule has 2 aromatic rings. The molecular formula is C45H61N3O12. The molecule has 9 unspecified atom stereocenters. The molecule has 9 atom stereocenters. The molecular weight excluding hydrogens is 775 g/mol. The lowest BCUT2D eigenvalue weighted by Gasteiger charge is -2.38. The normalized spacial score (nSPS) is 30.9. The van der Waals surface area contributed by atoms with E-state index in [2.05, 4.69) is 15.8 Å². The van der Waals surface area contributed by atoms with E-state index in [1.54, 1.807) is 39.8 Å². The monoisotopic (exact) mass is 835 g/mol. The van der Waals surface area contributed by atoms with E-state index in [4.69, 9.17) is 18.9 Å². The fraction of sp³-hybridized carbons (Fsp3) is 0.556. The Hall–Kier alpha value is -5.12. The number of phenols is 3. The predicted octanol–water partition coefficient (Wildman–Crippen LogP) is 6.40. The minimum Gasteiger partial charge on any atom is -0.507 e. The van der Waals surface area contributed by atoms with Crippen LogP contribution in [0.25, 0.3) is 10.8 Å². The van der Waals surface area contributed by atoms with E-state index in [1.807, 2.05) is 0 Å². The molecule has 15 nitrogen and oxygen atoms in total. The summed E-state index contributed by atoms with van der Waals surface area (Å²) in [6.07, 6.45) is 10.9. The van der Waals surface area contributed by atoms with Gasteiger partial charge in [-0.2, -0.15) is 5.10 Å². The second-order valence-corrected chi connectivity index (χ2v) is 16.7. The van der Waals surface area contributed by atoms with Gasteiger partial charge in [0.15, 0.2) is 5.75 Å². The topological polar surface area (TPSA) is 226 Å². The largest absolute Gasteiger partial charge is 0.507 e. The summed E-state index contributed by atoms with van der Waals surface area (Å²) in [4.78, 5) is 40.5. The maximum atomic E-state index is 14.4. The fourth-order valence-corrected chi connectivity index (χ4v) is 8.49. The number of ketones is 1. The van der Waals surface area contributed by atoms with Crippen LogP contribution in [-0.4, -0.2) is 92.8 Å². The summed E-state index contributed by atoms with van der Waals surface area (Å²) < 4.78 is 23.6. The van der Waals surface area contributed by atoms with Crippen molar-refractivity contribution in [1.82, 2.24) is 5.43 Å². The summed E-state index contributed by atoms with van der Waals surface area (Å²) in [5.74, 6) is -8.33. The third kappa shape index (κ3) is 9.27. The van der Waals surface area contributed by atoms with Crippen LogP contribution in [0.2, 0.25) is 0 Å². The molecule has 1 saturated carbocycles. The van der Waals surface area contributed by atoms with E-state index < -0.39 is 88.8 Å². The summed E-state index contributed by atoms with van der Waals surface area (Å²) >= 11 is 0. The lowest BCUT2D eigenvalue weighted by Crippen LogP contribution is -2.46. The molecule has 3 heterocycles. The molecule has 1 fully saturated rings. The summed E-state index contributed by atoms with van der Waals surface area (Å²) in [5, 5.41) is 65.0. The van der Waals surface area contributed by atoms with Crippen LogP contribution in [-0.2, 0) is 23.8 Å². The summed E-state index contributed by atoms with van der Waals surface area (Å²) in [7, 11) is 1.44. The Kier molecular flexibility index (Phi) is 14.6. The number of hydrogen-bond donors (Lipinski definition) is 7. The zero-order valence-corrected chi connectivity index (χ0v) is 35.9. The van der Waals surface area contributed by atoms with Gasteiger partial charge in [-0.25, -0.2) is 0 Å². The molecule has 3 aliphatic heterocycles. The van der Waals surface area contributed by atoms with E-state index in [-0.39, 0.29) is 50.5 Å². The first kappa shape index (κ1) is 46.0. The van der Waals surface area contributed by atoms with Crippen molar-refractivity contribution in [2.75, 3.05) is 12.4 Å². The first-order chi connectivity index (χ1) is 28.3. The van der Waals surface area contributed by atoms with Crippen molar-refractivity contribution in [2.24, 2.45) is 28.8 Å². The van der Waals surface area contributed by atoms with Crippen molar-refractivity contribution in [3.05, 3.63) is 52.8 Å². The highest BCUT2D eigenvalue weighted by Crippen LogP contribution is 2.55. The molecule has 0 aromatic heterocycles. The number of nitrogens with zero attached hydrogens (tertiary/aromatic N) is 1. The van der Waals surface area contributed by atoms with Crippen LogP contribution >= 0.6 is 0 Å². The number of phenolic OH excluding ortho intramolecular Hbond substituents is 3. The van der Waals surface area contributed by atoms with Gasteiger partial charge >= 0.3 is 11.8 Å². The van der Waals surface area contributed by atoms with Crippen LogP contribution in [0.4, 0.5) is 5.69 Å². The average molecular weight is 836 g/mol. The number of Topliss-reactive ketones (excluding diaryl/α,β-unsaturated/α-hetero) is 1. The summed E-state index contributed by atoms with van der Waals surface area (Å²) in [6, 6.07) is 0.0598. The van der Waals surface area contributed by atoms with Crippen molar-refractivity contribution in [2.45, 2.75) is 130 Å². The smallest absolute Gasteiger partial charge is 0.312 e. The molecule has 4 aliphatic rings. The average Bonchev–Trinajstić information content (AvgIpc) is 3.34. The van der Waals surface area contributed by atoms with Gasteiger partial charge in [-0.15, -0.1) is 0 Å². The Morgan fingerprint density at radius 3 is 2.23 bits per heavy atom. The molecule has 0 spiro atoms. The number of rotatable bonds is 5. The van der Waals surface area contributed by atoms with E-state index in [0.29, 0.717) is 0 Å². The molecule has 328 valence electrons. The predicted molar refractivity (Wildman–Crippen MR) is 226 cm³/mol. The van der Waals surface area contributed by atoms with Gasteiger partial charge in [-0.3, -0.25) is 14.4 Å². The maximum Gasteiger partial charge on any atom is 0.312 e. The molecule has 2 aromatic carbocycles. The number of ether oxygens (including phenoxy) is 4. The zero-order chi connectivity index (χ0) is 44.2. The van der Waals surface area contributed by atoms with Gasteiger partial charge in [-0.05, 0) is 32.8 Å². The van der Waals surface area contributed by atoms with Crippen LogP contribution in [0.1, 0.15) is 108 Å². The van der Waals surface area contributed by atoms with Gasteiger partial charge in [0.25, 0.3) is 11.7 Å². The maximum absolute atomic E-state index is 14.4. The lowest BCUT2D eigenvalue weighted by molar-refractivity contribution is -0.160. The van der Waals surface area contributed by atoms with Crippen molar-refractivity contribution in [3.63, 3.8) is 0 Å². The number of carbonyl (C=O) groups is 3. The van der Waals surface area contributed by atoms with Crippen LogP contribution < -0.4 is 15.5 Å². The molecule has 1 amide bonds. The number of methoxy groups -OCH3 is 1. The molecule has 0 radical (unpaired) electrons. The van der Waals surface area contributed by atoms with Gasteiger partial charge in [0.1, 0.15) is 23.4 Å². The number of esters is 1. The number of carbonyl (C=O) groups excluding carboxylic acids is 3. The minimum absolute atomic E-state index is 0.0583. The number of benzene rings is 2. The second-order valence-electron chi connectivity index (χ2n) is 16.7. The highest BCUT2D eigenvalue weighted by molar-refractivity contribution is 6.23. The number of amides is 1. The van der Waals surface area contributed by atoms with E-state index >= 15 is 0 Å². The number of fused-ring (bicyclic) bond motifs is 14. The highest BCUT2D eigenvalue weighted by Gasteiger charge is 2.50.